The Kier molecular flexibility index (Phi) is 3.44. The summed E-state index contributed by atoms with van der Waals surface area (Å²) in [6.45, 7) is 1.76. The SMILES string of the molecule is Cc1ccc(C#N)c(Oc2ccccc2C(=O)O)n1. The molecule has 2 aromatic rings. The van der Waals surface area contributed by atoms with Gasteiger partial charge in [0.05, 0.1) is 0 Å². The van der Waals surface area contributed by atoms with Gasteiger partial charge in [0, 0.05) is 5.69 Å². The van der Waals surface area contributed by atoms with Crippen molar-refractivity contribution < 1.29 is 14.6 Å². The van der Waals surface area contributed by atoms with Gasteiger partial charge in [-0.05, 0) is 31.2 Å². The summed E-state index contributed by atoms with van der Waals surface area (Å²) in [4.78, 5) is 15.2. The minimum absolute atomic E-state index is 0.0229. The highest BCUT2D eigenvalue weighted by atomic mass is 16.5. The van der Waals surface area contributed by atoms with E-state index in [1.807, 2.05) is 6.07 Å². The molecule has 5 heteroatoms. The standard InChI is InChI=1S/C14H10N2O3/c1-9-6-7-10(8-15)13(16-9)19-12-5-3-2-4-11(12)14(17)18/h2-7H,1H3,(H,17,18). The van der Waals surface area contributed by atoms with Crippen LogP contribution in [-0.2, 0) is 0 Å². The van der Waals surface area contributed by atoms with Gasteiger partial charge in [0.15, 0.2) is 0 Å². The Morgan fingerprint density at radius 1 is 1.32 bits per heavy atom. The molecule has 0 unspecified atom stereocenters. The highest BCUT2D eigenvalue weighted by Gasteiger charge is 2.13. The lowest BCUT2D eigenvalue weighted by Gasteiger charge is -2.09. The fourth-order valence-electron chi connectivity index (χ4n) is 1.53. The van der Waals surface area contributed by atoms with Gasteiger partial charge in [-0.15, -0.1) is 0 Å². The topological polar surface area (TPSA) is 83.2 Å². The lowest BCUT2D eigenvalue weighted by Crippen LogP contribution is -2.01. The van der Waals surface area contributed by atoms with Crippen molar-refractivity contribution in [2.75, 3.05) is 0 Å². The molecule has 0 saturated carbocycles. The van der Waals surface area contributed by atoms with Crippen LogP contribution in [0.1, 0.15) is 21.6 Å². The number of ether oxygens (including phenoxy) is 1. The molecule has 0 bridgehead atoms. The number of carbonyl (C=O) groups is 1. The van der Waals surface area contributed by atoms with Gasteiger partial charge in [-0.3, -0.25) is 0 Å². The third kappa shape index (κ3) is 2.69. The Labute approximate surface area is 109 Å². The van der Waals surface area contributed by atoms with E-state index in [-0.39, 0.29) is 22.8 Å². The van der Waals surface area contributed by atoms with Crippen LogP contribution in [-0.4, -0.2) is 16.1 Å². The van der Waals surface area contributed by atoms with E-state index in [4.69, 9.17) is 15.1 Å². The third-order valence-corrected chi connectivity index (χ3v) is 2.44. The number of nitriles is 1. The first-order valence-electron chi connectivity index (χ1n) is 5.49. The lowest BCUT2D eigenvalue weighted by molar-refractivity contribution is 0.0694. The average molecular weight is 254 g/mol. The summed E-state index contributed by atoms with van der Waals surface area (Å²) in [5, 5.41) is 18.0. The minimum atomic E-state index is -1.10. The van der Waals surface area contributed by atoms with Gasteiger partial charge < -0.3 is 9.84 Å². The van der Waals surface area contributed by atoms with Crippen LogP contribution >= 0.6 is 0 Å². The van der Waals surface area contributed by atoms with Crippen molar-refractivity contribution >= 4 is 5.97 Å². The number of hydrogen-bond donors (Lipinski definition) is 1. The van der Waals surface area contributed by atoms with Crippen LogP contribution in [0.2, 0.25) is 0 Å². The molecule has 0 radical (unpaired) electrons. The second-order valence-electron chi connectivity index (χ2n) is 3.82. The summed E-state index contributed by atoms with van der Waals surface area (Å²) < 4.78 is 5.46. The van der Waals surface area contributed by atoms with Crippen molar-refractivity contribution in [1.29, 1.82) is 5.26 Å². The Bertz CT molecular complexity index is 675. The van der Waals surface area contributed by atoms with E-state index in [1.54, 1.807) is 31.2 Å². The Morgan fingerprint density at radius 2 is 2.05 bits per heavy atom. The van der Waals surface area contributed by atoms with Crippen LogP contribution in [0.4, 0.5) is 0 Å². The van der Waals surface area contributed by atoms with E-state index in [0.717, 1.165) is 0 Å². The molecule has 1 heterocycles. The van der Waals surface area contributed by atoms with Gasteiger partial charge in [-0.25, -0.2) is 9.78 Å². The molecule has 5 nitrogen and oxygen atoms in total. The van der Waals surface area contributed by atoms with Crippen LogP contribution in [0, 0.1) is 18.3 Å². The number of aromatic carboxylic acids is 1. The Balaban J connectivity index is 2.45. The molecule has 2 rings (SSSR count). The molecule has 0 saturated heterocycles. The molecular weight excluding hydrogens is 244 g/mol. The number of rotatable bonds is 3. The summed E-state index contributed by atoms with van der Waals surface area (Å²) in [5.41, 5.74) is 0.960. The van der Waals surface area contributed by atoms with Crippen LogP contribution in [0.25, 0.3) is 0 Å². The van der Waals surface area contributed by atoms with E-state index in [9.17, 15) is 4.79 Å². The number of aryl methyl sites for hydroxylation is 1. The first-order chi connectivity index (χ1) is 9.11. The maximum Gasteiger partial charge on any atom is 0.339 e. The minimum Gasteiger partial charge on any atom is -0.478 e. The summed E-state index contributed by atoms with van der Waals surface area (Å²) >= 11 is 0. The van der Waals surface area contributed by atoms with Gasteiger partial charge in [-0.2, -0.15) is 5.26 Å². The summed E-state index contributed by atoms with van der Waals surface area (Å²) in [7, 11) is 0. The van der Waals surface area contributed by atoms with E-state index >= 15 is 0 Å². The number of nitrogens with zero attached hydrogens (tertiary/aromatic N) is 2. The summed E-state index contributed by atoms with van der Waals surface area (Å²) in [5.74, 6) is -0.831. The Morgan fingerprint density at radius 3 is 2.74 bits per heavy atom. The molecule has 0 atom stereocenters. The lowest BCUT2D eigenvalue weighted by atomic mass is 10.2. The van der Waals surface area contributed by atoms with Crippen LogP contribution in [0.3, 0.4) is 0 Å². The number of pyridine rings is 1. The van der Waals surface area contributed by atoms with E-state index in [2.05, 4.69) is 4.98 Å². The molecule has 1 aromatic carbocycles. The largest absolute Gasteiger partial charge is 0.478 e. The smallest absolute Gasteiger partial charge is 0.339 e. The van der Waals surface area contributed by atoms with Crippen molar-refractivity contribution in [1.82, 2.24) is 4.98 Å². The first kappa shape index (κ1) is 12.6. The Hall–Kier alpha value is -2.87. The average Bonchev–Trinajstić information content (AvgIpc) is 2.39. The predicted octanol–water partition coefficient (Wildman–Crippen LogP) is 2.75. The molecule has 0 aliphatic rings. The number of carboxylic acids is 1. The van der Waals surface area contributed by atoms with Crippen molar-refractivity contribution in [2.24, 2.45) is 0 Å². The van der Waals surface area contributed by atoms with Crippen LogP contribution < -0.4 is 4.74 Å². The monoisotopic (exact) mass is 254 g/mol. The predicted molar refractivity (Wildman–Crippen MR) is 67.2 cm³/mol. The normalized spacial score (nSPS) is 9.68. The number of carboxylic acid groups (broad SMARTS) is 1. The third-order valence-electron chi connectivity index (χ3n) is 2.44. The maximum atomic E-state index is 11.1. The molecule has 0 aliphatic heterocycles. The number of hydrogen-bond acceptors (Lipinski definition) is 4. The molecule has 94 valence electrons. The second kappa shape index (κ2) is 5.19. The number of benzene rings is 1. The molecule has 19 heavy (non-hydrogen) atoms. The van der Waals surface area contributed by atoms with Gasteiger partial charge in [0.25, 0.3) is 0 Å². The van der Waals surface area contributed by atoms with Gasteiger partial charge >= 0.3 is 5.97 Å². The van der Waals surface area contributed by atoms with Gasteiger partial charge in [-0.1, -0.05) is 12.1 Å². The zero-order chi connectivity index (χ0) is 13.8. The molecular formula is C14H10N2O3. The van der Waals surface area contributed by atoms with Crippen molar-refractivity contribution in [3.8, 4) is 17.7 Å². The van der Waals surface area contributed by atoms with E-state index in [1.165, 1.54) is 12.1 Å². The molecule has 0 amide bonds. The molecule has 0 aliphatic carbocycles. The molecule has 0 fully saturated rings. The zero-order valence-electron chi connectivity index (χ0n) is 10.1. The van der Waals surface area contributed by atoms with Gasteiger partial charge in [0.1, 0.15) is 22.9 Å². The van der Waals surface area contributed by atoms with E-state index in [0.29, 0.717) is 5.69 Å². The summed E-state index contributed by atoms with van der Waals surface area (Å²) in [6.07, 6.45) is 0. The second-order valence-corrected chi connectivity index (χ2v) is 3.82. The van der Waals surface area contributed by atoms with Crippen molar-refractivity contribution in [3.63, 3.8) is 0 Å². The zero-order valence-corrected chi connectivity index (χ0v) is 10.1. The highest BCUT2D eigenvalue weighted by molar-refractivity contribution is 5.90. The fraction of sp³-hybridized carbons (Fsp3) is 0.0714. The number of aromatic nitrogens is 1. The first-order valence-corrected chi connectivity index (χ1v) is 5.49. The quantitative estimate of drug-likeness (QED) is 0.910. The number of para-hydroxylation sites is 1. The fourth-order valence-corrected chi connectivity index (χ4v) is 1.53. The van der Waals surface area contributed by atoms with Gasteiger partial charge in [0.2, 0.25) is 5.88 Å². The van der Waals surface area contributed by atoms with Crippen molar-refractivity contribution in [2.45, 2.75) is 6.92 Å². The molecule has 1 N–H and O–H groups in total. The molecule has 0 spiro atoms. The van der Waals surface area contributed by atoms with Crippen LogP contribution in [0.15, 0.2) is 36.4 Å². The van der Waals surface area contributed by atoms with Crippen molar-refractivity contribution in [3.05, 3.63) is 53.2 Å². The van der Waals surface area contributed by atoms with E-state index < -0.39 is 5.97 Å². The highest BCUT2D eigenvalue weighted by Crippen LogP contribution is 2.26. The van der Waals surface area contributed by atoms with Crippen LogP contribution in [0.5, 0.6) is 11.6 Å². The summed E-state index contributed by atoms with van der Waals surface area (Å²) in [6, 6.07) is 11.4. The maximum absolute atomic E-state index is 11.1. The molecule has 1 aromatic heterocycles.